The third-order valence-electron chi connectivity index (χ3n) is 6.53. The van der Waals surface area contributed by atoms with Gasteiger partial charge in [-0.05, 0) is 54.8 Å². The Morgan fingerprint density at radius 2 is 1.81 bits per heavy atom. The zero-order chi connectivity index (χ0) is 25.5. The van der Waals surface area contributed by atoms with Gasteiger partial charge in [-0.2, -0.15) is 0 Å². The van der Waals surface area contributed by atoms with Gasteiger partial charge in [0.25, 0.3) is 11.7 Å². The lowest BCUT2D eigenvalue weighted by Crippen LogP contribution is -2.38. The van der Waals surface area contributed by atoms with E-state index in [0.29, 0.717) is 55.4 Å². The number of aliphatic hydroxyl groups excluding tert-OH is 1. The number of Topliss-reactive ketones (excluding diaryl/α,β-unsaturated/α-hetero) is 1. The summed E-state index contributed by atoms with van der Waals surface area (Å²) in [5, 5.41) is 11.3. The Balaban J connectivity index is 1.65. The van der Waals surface area contributed by atoms with Crippen molar-refractivity contribution in [2.45, 2.75) is 25.8 Å². The number of rotatable bonds is 10. The normalized spacial score (nSPS) is 20.1. The first-order valence-electron chi connectivity index (χ1n) is 12.5. The number of amides is 1. The smallest absolute Gasteiger partial charge is 0.295 e. The topological polar surface area (TPSA) is 88.5 Å². The molecular weight excluding hydrogens is 460 g/mol. The highest BCUT2D eigenvalue weighted by molar-refractivity contribution is 6.46. The lowest BCUT2D eigenvalue weighted by atomic mass is 9.95. The fraction of sp³-hybridized carbons (Fsp3) is 0.429. The van der Waals surface area contributed by atoms with Gasteiger partial charge in [0, 0.05) is 31.7 Å². The number of benzene rings is 2. The molecule has 0 radical (unpaired) electrons. The van der Waals surface area contributed by atoms with Crippen LogP contribution < -0.4 is 9.47 Å². The van der Waals surface area contributed by atoms with Crippen molar-refractivity contribution in [2.24, 2.45) is 0 Å². The molecule has 4 rings (SSSR count). The van der Waals surface area contributed by atoms with E-state index in [-0.39, 0.29) is 11.3 Å². The molecule has 1 N–H and O–H groups in total. The third kappa shape index (κ3) is 5.71. The molecule has 2 aliphatic heterocycles. The van der Waals surface area contributed by atoms with Crippen LogP contribution in [0.15, 0.2) is 54.1 Å². The van der Waals surface area contributed by atoms with Gasteiger partial charge in [-0.25, -0.2) is 0 Å². The summed E-state index contributed by atoms with van der Waals surface area (Å²) >= 11 is 0. The van der Waals surface area contributed by atoms with E-state index in [1.807, 2.05) is 25.1 Å². The second kappa shape index (κ2) is 12.1. The maximum atomic E-state index is 13.2. The van der Waals surface area contributed by atoms with Crippen LogP contribution in [0.4, 0.5) is 0 Å². The molecule has 0 aliphatic carbocycles. The number of ether oxygens (including phenoxy) is 3. The van der Waals surface area contributed by atoms with Gasteiger partial charge in [0.2, 0.25) is 0 Å². The van der Waals surface area contributed by atoms with Crippen molar-refractivity contribution < 1.29 is 28.9 Å². The maximum absolute atomic E-state index is 13.2. The number of hydrogen-bond acceptors (Lipinski definition) is 7. The molecule has 0 bridgehead atoms. The molecular formula is C28H34N2O6. The van der Waals surface area contributed by atoms with Gasteiger partial charge >= 0.3 is 0 Å². The molecule has 0 saturated carbocycles. The largest absolute Gasteiger partial charge is 0.507 e. The summed E-state index contributed by atoms with van der Waals surface area (Å²) in [6.45, 7) is 6.94. The molecule has 2 fully saturated rings. The van der Waals surface area contributed by atoms with Crippen LogP contribution in [0.25, 0.3) is 5.76 Å². The Morgan fingerprint density at radius 3 is 2.50 bits per heavy atom. The van der Waals surface area contributed by atoms with Crippen molar-refractivity contribution in [1.29, 1.82) is 0 Å². The Labute approximate surface area is 212 Å². The summed E-state index contributed by atoms with van der Waals surface area (Å²) in [4.78, 5) is 30.3. The molecule has 2 aromatic carbocycles. The summed E-state index contributed by atoms with van der Waals surface area (Å²) in [5.41, 5.74) is 1.25. The molecule has 8 nitrogen and oxygen atoms in total. The number of methoxy groups -OCH3 is 1. The molecule has 8 heteroatoms. The fourth-order valence-electron chi connectivity index (χ4n) is 4.64. The number of hydrogen-bond donors (Lipinski definition) is 1. The number of ketones is 1. The first kappa shape index (κ1) is 25.7. The van der Waals surface area contributed by atoms with Crippen molar-refractivity contribution in [2.75, 3.05) is 53.1 Å². The van der Waals surface area contributed by atoms with E-state index < -0.39 is 17.7 Å². The maximum Gasteiger partial charge on any atom is 0.295 e. The summed E-state index contributed by atoms with van der Waals surface area (Å²) < 4.78 is 16.4. The van der Waals surface area contributed by atoms with Crippen molar-refractivity contribution in [3.8, 4) is 11.5 Å². The molecule has 1 atom stereocenters. The zero-order valence-corrected chi connectivity index (χ0v) is 20.9. The molecule has 2 saturated heterocycles. The second-order valence-corrected chi connectivity index (χ2v) is 8.95. The van der Waals surface area contributed by atoms with Gasteiger partial charge in [-0.3, -0.25) is 14.5 Å². The van der Waals surface area contributed by atoms with Crippen LogP contribution in [0.1, 0.15) is 36.9 Å². The van der Waals surface area contributed by atoms with E-state index in [0.717, 1.165) is 26.1 Å². The van der Waals surface area contributed by atoms with Gasteiger partial charge in [-0.1, -0.05) is 19.1 Å². The zero-order valence-electron chi connectivity index (χ0n) is 20.9. The summed E-state index contributed by atoms with van der Waals surface area (Å²) in [7, 11) is 1.57. The highest BCUT2D eigenvalue weighted by Gasteiger charge is 2.46. The van der Waals surface area contributed by atoms with Crippen molar-refractivity contribution in [3.05, 3.63) is 65.2 Å². The summed E-state index contributed by atoms with van der Waals surface area (Å²) in [6.07, 6.45) is 1.59. The highest BCUT2D eigenvalue weighted by atomic mass is 16.5. The SMILES string of the molecule is CCCOc1ccc(/C(O)=C2\C(=O)C(=O)N(CCCN3CCOCC3)[C@H]2c2cccc(OC)c2)cc1. The van der Waals surface area contributed by atoms with Crippen molar-refractivity contribution >= 4 is 17.4 Å². The van der Waals surface area contributed by atoms with Crippen LogP contribution >= 0.6 is 0 Å². The molecule has 2 aliphatic rings. The van der Waals surface area contributed by atoms with E-state index in [1.54, 1.807) is 42.3 Å². The van der Waals surface area contributed by atoms with Crippen LogP contribution in [-0.4, -0.2) is 79.7 Å². The molecule has 2 heterocycles. The lowest BCUT2D eigenvalue weighted by molar-refractivity contribution is -0.140. The van der Waals surface area contributed by atoms with Gasteiger partial charge in [0.05, 0.1) is 38.5 Å². The fourth-order valence-corrected chi connectivity index (χ4v) is 4.64. The van der Waals surface area contributed by atoms with Gasteiger partial charge in [0.15, 0.2) is 0 Å². The number of nitrogens with zero attached hydrogens (tertiary/aromatic N) is 2. The Bertz CT molecular complexity index is 1090. The summed E-state index contributed by atoms with van der Waals surface area (Å²) in [6, 6.07) is 13.5. The van der Waals surface area contributed by atoms with Crippen molar-refractivity contribution in [1.82, 2.24) is 9.80 Å². The van der Waals surface area contributed by atoms with E-state index in [2.05, 4.69) is 4.90 Å². The number of morpholine rings is 1. The predicted octanol–water partition coefficient (Wildman–Crippen LogP) is 3.63. The Hall–Kier alpha value is -3.36. The van der Waals surface area contributed by atoms with Gasteiger partial charge in [0.1, 0.15) is 17.3 Å². The van der Waals surface area contributed by atoms with E-state index >= 15 is 0 Å². The van der Waals surface area contributed by atoms with Gasteiger partial charge in [-0.15, -0.1) is 0 Å². The van der Waals surface area contributed by atoms with Crippen LogP contribution in [-0.2, 0) is 14.3 Å². The van der Waals surface area contributed by atoms with Crippen LogP contribution in [0.3, 0.4) is 0 Å². The minimum atomic E-state index is -0.708. The van der Waals surface area contributed by atoms with Crippen molar-refractivity contribution in [3.63, 3.8) is 0 Å². The standard InChI is InChI=1S/C28H34N2O6/c1-3-16-36-22-10-8-20(9-11-22)26(31)24-25(21-6-4-7-23(19-21)34-2)30(28(33)27(24)32)13-5-12-29-14-17-35-18-15-29/h4,6-11,19,25,31H,3,5,12-18H2,1-2H3/b26-24+/t25-/m0/s1. The number of likely N-dealkylation sites (tertiary alicyclic amines) is 1. The molecule has 0 unspecified atom stereocenters. The quantitative estimate of drug-likeness (QED) is 0.307. The minimum absolute atomic E-state index is 0.0850. The predicted molar refractivity (Wildman–Crippen MR) is 136 cm³/mol. The van der Waals surface area contributed by atoms with Crippen LogP contribution in [0, 0.1) is 0 Å². The number of carbonyl (C=O) groups is 2. The second-order valence-electron chi connectivity index (χ2n) is 8.95. The first-order valence-corrected chi connectivity index (χ1v) is 12.5. The monoisotopic (exact) mass is 494 g/mol. The molecule has 36 heavy (non-hydrogen) atoms. The van der Waals surface area contributed by atoms with Crippen LogP contribution in [0.2, 0.25) is 0 Å². The minimum Gasteiger partial charge on any atom is -0.507 e. The van der Waals surface area contributed by atoms with E-state index in [9.17, 15) is 14.7 Å². The van der Waals surface area contributed by atoms with Gasteiger partial charge < -0.3 is 24.2 Å². The Morgan fingerprint density at radius 1 is 1.06 bits per heavy atom. The van der Waals surface area contributed by atoms with Crippen LogP contribution in [0.5, 0.6) is 11.5 Å². The number of aliphatic hydroxyl groups is 1. The molecule has 192 valence electrons. The highest BCUT2D eigenvalue weighted by Crippen LogP contribution is 2.40. The molecule has 0 aromatic heterocycles. The molecule has 2 aromatic rings. The average Bonchev–Trinajstić information content (AvgIpc) is 3.17. The molecule has 1 amide bonds. The Kier molecular flexibility index (Phi) is 8.61. The van der Waals surface area contributed by atoms with E-state index in [1.165, 1.54) is 0 Å². The summed E-state index contributed by atoms with van der Waals surface area (Å²) in [5.74, 6) is -0.184. The molecule has 0 spiro atoms. The first-order chi connectivity index (χ1) is 17.5. The average molecular weight is 495 g/mol. The third-order valence-corrected chi connectivity index (χ3v) is 6.53. The van der Waals surface area contributed by atoms with E-state index in [4.69, 9.17) is 14.2 Å². The number of carbonyl (C=O) groups excluding carboxylic acids is 2. The lowest BCUT2D eigenvalue weighted by Gasteiger charge is -2.29.